The molecular weight excluding hydrogens is 560 g/mol. The smallest absolute Gasteiger partial charge is 0.138 e. The van der Waals surface area contributed by atoms with E-state index >= 15 is 0 Å². The summed E-state index contributed by atoms with van der Waals surface area (Å²) in [6.45, 7) is 7.94. The van der Waals surface area contributed by atoms with E-state index in [2.05, 4.69) is 21.3 Å². The lowest BCUT2D eigenvalue weighted by Crippen LogP contribution is -3.05. The van der Waals surface area contributed by atoms with Crippen molar-refractivity contribution in [1.29, 1.82) is 0 Å². The predicted octanol–water partition coefficient (Wildman–Crippen LogP) is -16.5. The van der Waals surface area contributed by atoms with Gasteiger partial charge in [0.05, 0.1) is 26.2 Å². The Labute approximate surface area is 183 Å². The molecule has 0 radical (unpaired) electrons. The van der Waals surface area contributed by atoms with Crippen molar-refractivity contribution in [2.45, 2.75) is 50.6 Å². The van der Waals surface area contributed by atoms with Crippen LogP contribution in [0.15, 0.2) is 0 Å². The maximum absolute atomic E-state index is 2.66. The maximum atomic E-state index is 2.66. The summed E-state index contributed by atoms with van der Waals surface area (Å²) in [7, 11) is 0. The quantitative estimate of drug-likeness (QED) is 0.214. The Bertz CT molecular complexity index is 209. The third-order valence-corrected chi connectivity index (χ3v) is 4.61. The zero-order chi connectivity index (χ0) is 12.5. The number of quaternary nitrogens is 4. The molecule has 146 valence electrons. The van der Waals surface area contributed by atoms with Gasteiger partial charge >= 0.3 is 0 Å². The molecule has 10 N–H and O–H groups in total. The van der Waals surface area contributed by atoms with Crippen molar-refractivity contribution in [2.75, 3.05) is 39.3 Å². The molecule has 1 aliphatic heterocycles. The minimum atomic E-state index is 0. The third-order valence-electron chi connectivity index (χ3n) is 4.61. The van der Waals surface area contributed by atoms with Gasteiger partial charge in [0.1, 0.15) is 25.2 Å². The van der Waals surface area contributed by atoms with Gasteiger partial charge in [-0.25, -0.2) is 0 Å². The van der Waals surface area contributed by atoms with E-state index in [-0.39, 0.29) is 73.4 Å². The van der Waals surface area contributed by atoms with Crippen LogP contribution in [0, 0.1) is 0 Å². The standard InChI is InChI=1S/C14H30N4.4BrH.H2O/c1-2-6-14-13(5-1)17-9-3-7-15-11-12-16-8-4-10-18-14;;;;;/h13-18H,1-12H2;4*1H;1H2/t13-,14-;;;;;/m0...../s1. The number of rotatable bonds is 0. The fourth-order valence-electron chi connectivity index (χ4n) is 3.49. The fourth-order valence-corrected chi connectivity index (χ4v) is 3.49. The molecule has 2 aliphatic rings. The van der Waals surface area contributed by atoms with E-state index in [0.29, 0.717) is 0 Å². The Balaban J connectivity index is -0.000000361. The number of hydrogen-bond acceptors (Lipinski definition) is 0. The van der Waals surface area contributed by atoms with Gasteiger partial charge in [-0.05, 0) is 12.8 Å². The Morgan fingerprint density at radius 1 is 0.478 bits per heavy atom. The predicted molar refractivity (Wildman–Crippen MR) is 75.8 cm³/mol. The summed E-state index contributed by atoms with van der Waals surface area (Å²) < 4.78 is 0. The maximum Gasteiger partial charge on any atom is 0.138 e. The van der Waals surface area contributed by atoms with Crippen molar-refractivity contribution in [1.82, 2.24) is 0 Å². The van der Waals surface area contributed by atoms with Crippen LogP contribution in [-0.4, -0.2) is 56.8 Å². The highest BCUT2D eigenvalue weighted by Gasteiger charge is 2.30. The average Bonchev–Trinajstić information content (AvgIpc) is 2.41. The molecule has 1 aliphatic carbocycles. The van der Waals surface area contributed by atoms with Crippen molar-refractivity contribution < 1.29 is 94.7 Å². The minimum absolute atomic E-state index is 0. The lowest BCUT2D eigenvalue weighted by atomic mass is 9.90. The van der Waals surface area contributed by atoms with Crippen molar-refractivity contribution in [3.05, 3.63) is 0 Å². The molecule has 23 heavy (non-hydrogen) atoms. The van der Waals surface area contributed by atoms with E-state index in [1.54, 1.807) is 0 Å². The highest BCUT2D eigenvalue weighted by Crippen LogP contribution is 2.13. The molecule has 2 fully saturated rings. The molecule has 5 nitrogen and oxygen atoms in total. The van der Waals surface area contributed by atoms with Gasteiger partial charge in [-0.2, -0.15) is 0 Å². The van der Waals surface area contributed by atoms with Gasteiger partial charge in [0, 0.05) is 25.7 Å². The molecule has 1 saturated heterocycles. The molecule has 2 atom stereocenters. The van der Waals surface area contributed by atoms with Gasteiger partial charge in [-0.1, -0.05) is 0 Å². The molecule has 2 rings (SSSR count). The molecule has 0 spiro atoms. The summed E-state index contributed by atoms with van der Waals surface area (Å²) in [6, 6.07) is 1.82. The zero-order valence-electron chi connectivity index (χ0n) is 14.0. The molecular formula is C14H36Br4N4O. The normalized spacial score (nSPS) is 26.1. The van der Waals surface area contributed by atoms with Crippen LogP contribution in [-0.2, 0) is 0 Å². The number of fused-ring (bicyclic) bond motifs is 1. The first-order valence-corrected chi connectivity index (χ1v) is 8.27. The summed E-state index contributed by atoms with van der Waals surface area (Å²) in [4.78, 5) is 0. The van der Waals surface area contributed by atoms with Gasteiger partial charge < -0.3 is 94.7 Å². The van der Waals surface area contributed by atoms with E-state index in [0.717, 1.165) is 12.1 Å². The second kappa shape index (κ2) is 21.8. The topological polar surface area (TPSA) is 97.9 Å². The first-order chi connectivity index (χ1) is 8.97. The van der Waals surface area contributed by atoms with Crippen LogP contribution >= 0.6 is 0 Å². The van der Waals surface area contributed by atoms with Gasteiger partial charge in [-0.15, -0.1) is 0 Å². The average molecular weight is 596 g/mol. The van der Waals surface area contributed by atoms with Crippen LogP contribution < -0.4 is 89.2 Å². The van der Waals surface area contributed by atoms with Crippen LogP contribution in [0.5, 0.6) is 0 Å². The number of nitrogens with two attached hydrogens (primary N) is 4. The van der Waals surface area contributed by atoms with E-state index in [9.17, 15) is 0 Å². The molecule has 9 heteroatoms. The first-order valence-electron chi connectivity index (χ1n) is 8.27. The molecule has 1 heterocycles. The van der Waals surface area contributed by atoms with Crippen molar-refractivity contribution in [2.24, 2.45) is 0 Å². The fraction of sp³-hybridized carbons (Fsp3) is 1.00. The van der Waals surface area contributed by atoms with E-state index in [4.69, 9.17) is 0 Å². The molecule has 0 aromatic carbocycles. The first kappa shape index (κ1) is 32.4. The molecule has 0 bridgehead atoms. The SMILES string of the molecule is C1C[NH2+]CC[NH2+]CCC[NH2+][C@H]2CCCC[C@@H]2[NH2+]C1.O.[Br-].[Br-].[Br-].[Br-]. The summed E-state index contributed by atoms with van der Waals surface area (Å²) in [6.07, 6.45) is 8.59. The Hall–Kier alpha value is 1.72. The Morgan fingerprint density at radius 3 is 1.26 bits per heavy atom. The van der Waals surface area contributed by atoms with Crippen molar-refractivity contribution in [3.63, 3.8) is 0 Å². The molecule has 1 saturated carbocycles. The van der Waals surface area contributed by atoms with E-state index in [1.807, 2.05) is 0 Å². The lowest BCUT2D eigenvalue weighted by Gasteiger charge is -2.27. The Kier molecular flexibility index (Phi) is 30.7. The minimum Gasteiger partial charge on any atom is -1.00 e. The van der Waals surface area contributed by atoms with Gasteiger partial charge in [-0.3, -0.25) is 0 Å². The summed E-state index contributed by atoms with van der Waals surface area (Å²) in [5, 5.41) is 10.3. The number of halogens is 4. The summed E-state index contributed by atoms with van der Waals surface area (Å²) >= 11 is 0. The molecule has 0 aromatic heterocycles. The Morgan fingerprint density at radius 2 is 0.870 bits per heavy atom. The third kappa shape index (κ3) is 14.6. The van der Waals surface area contributed by atoms with Crippen LogP contribution in [0.4, 0.5) is 0 Å². The van der Waals surface area contributed by atoms with Crippen molar-refractivity contribution in [3.8, 4) is 0 Å². The van der Waals surface area contributed by atoms with Gasteiger partial charge in [0.2, 0.25) is 0 Å². The van der Waals surface area contributed by atoms with Crippen LogP contribution in [0.25, 0.3) is 0 Å². The van der Waals surface area contributed by atoms with E-state index < -0.39 is 0 Å². The lowest BCUT2D eigenvalue weighted by molar-refractivity contribution is -0.784. The van der Waals surface area contributed by atoms with E-state index in [1.165, 1.54) is 77.8 Å². The molecule has 0 unspecified atom stereocenters. The molecule has 0 amide bonds. The van der Waals surface area contributed by atoms with Crippen LogP contribution in [0.3, 0.4) is 0 Å². The van der Waals surface area contributed by atoms with Gasteiger partial charge in [0.15, 0.2) is 0 Å². The van der Waals surface area contributed by atoms with Crippen LogP contribution in [0.1, 0.15) is 38.5 Å². The van der Waals surface area contributed by atoms with Crippen molar-refractivity contribution >= 4 is 0 Å². The zero-order valence-corrected chi connectivity index (χ0v) is 20.3. The number of hydrogen-bond donors (Lipinski definition) is 4. The van der Waals surface area contributed by atoms with Crippen LogP contribution in [0.2, 0.25) is 0 Å². The summed E-state index contributed by atoms with van der Waals surface area (Å²) in [5.41, 5.74) is 0. The van der Waals surface area contributed by atoms with Gasteiger partial charge in [0.25, 0.3) is 0 Å². The monoisotopic (exact) mass is 592 g/mol. The second-order valence-corrected chi connectivity index (χ2v) is 6.10. The summed E-state index contributed by atoms with van der Waals surface area (Å²) in [5.74, 6) is 0. The molecule has 0 aromatic rings. The highest BCUT2D eigenvalue weighted by molar-refractivity contribution is 4.72. The highest BCUT2D eigenvalue weighted by atomic mass is 79.9. The largest absolute Gasteiger partial charge is 1.00 e. The second-order valence-electron chi connectivity index (χ2n) is 6.10.